The first-order valence-electron chi connectivity index (χ1n) is 20.8. The second-order valence-electron chi connectivity index (χ2n) is 17.7. The molecule has 0 radical (unpaired) electrons. The minimum atomic E-state index is -3.47. The molecule has 1 aliphatic carbocycles. The van der Waals surface area contributed by atoms with Crippen LogP contribution < -0.4 is 15.5 Å². The van der Waals surface area contributed by atoms with E-state index in [0.717, 1.165) is 101 Å². The van der Waals surface area contributed by atoms with Crippen molar-refractivity contribution in [2.75, 3.05) is 37.6 Å². The number of piperidine rings is 3. The highest BCUT2D eigenvalue weighted by Gasteiger charge is 2.39. The van der Waals surface area contributed by atoms with Crippen molar-refractivity contribution in [1.29, 1.82) is 0 Å². The Morgan fingerprint density at radius 3 is 2.27 bits per heavy atom. The van der Waals surface area contributed by atoms with Gasteiger partial charge in [0.1, 0.15) is 11.6 Å². The van der Waals surface area contributed by atoms with Gasteiger partial charge in [0, 0.05) is 49.9 Å². The van der Waals surface area contributed by atoms with E-state index in [4.69, 9.17) is 4.74 Å². The average Bonchev–Trinajstić information content (AvgIpc) is 3.47. The Labute approximate surface area is 332 Å². The van der Waals surface area contributed by atoms with Crippen LogP contribution in [0.4, 0.5) is 10.5 Å². The standard InChI is InChI=1S/C43H59N5O7S/c1-43(2,3)55-42(52)44-33-8-5-10-35(11-6-9-33)56(53,54)36-12-4-7-31(26-36)30-19-21-46(22-20-30)27-29-17-23-47(24-18-29)34-13-14-37-32(25-34)28-48(41(37)51)38-15-16-39(49)45-40(38)50/h4,7,12-14,25-26,29-30,33,35,38H,5-6,8-11,15-24,27-28H2,1-3H3,(H,44,52)(H,45,49,50). The molecular weight excluding hydrogens is 731 g/mol. The number of nitrogens with zero attached hydrogens (tertiary/aromatic N) is 3. The number of hydrogen-bond donors (Lipinski definition) is 2. The lowest BCUT2D eigenvalue weighted by molar-refractivity contribution is -0.136. The Morgan fingerprint density at radius 2 is 1.59 bits per heavy atom. The third-order valence-corrected chi connectivity index (χ3v) is 14.8. The molecule has 1 atom stereocenters. The number of carbonyl (C=O) groups is 4. The minimum Gasteiger partial charge on any atom is -0.444 e. The van der Waals surface area contributed by atoms with Gasteiger partial charge in [0.15, 0.2) is 9.84 Å². The van der Waals surface area contributed by atoms with Crippen molar-refractivity contribution in [2.45, 2.75) is 138 Å². The second-order valence-corrected chi connectivity index (χ2v) is 19.9. The molecule has 2 aromatic rings. The van der Waals surface area contributed by atoms with Gasteiger partial charge in [0.2, 0.25) is 11.8 Å². The Balaban J connectivity index is 0.858. The summed E-state index contributed by atoms with van der Waals surface area (Å²) in [4.78, 5) is 56.5. The molecule has 4 amide bonds. The van der Waals surface area contributed by atoms with Gasteiger partial charge in [-0.15, -0.1) is 0 Å². The predicted molar refractivity (Wildman–Crippen MR) is 214 cm³/mol. The fourth-order valence-corrected chi connectivity index (χ4v) is 11.4. The molecule has 1 unspecified atom stereocenters. The van der Waals surface area contributed by atoms with Crippen molar-refractivity contribution in [3.05, 3.63) is 59.2 Å². The molecule has 4 heterocycles. The maximum atomic E-state index is 13.9. The van der Waals surface area contributed by atoms with E-state index in [9.17, 15) is 27.6 Å². The highest BCUT2D eigenvalue weighted by molar-refractivity contribution is 7.92. The topological polar surface area (TPSA) is 145 Å². The number of anilines is 1. The molecule has 304 valence electrons. The summed E-state index contributed by atoms with van der Waals surface area (Å²) in [5.41, 5.74) is 3.27. The van der Waals surface area contributed by atoms with Gasteiger partial charge in [-0.1, -0.05) is 25.0 Å². The van der Waals surface area contributed by atoms with Gasteiger partial charge in [-0.3, -0.25) is 19.7 Å². The SMILES string of the molecule is CC(C)(C)OC(=O)NC1CCCC(S(=O)(=O)c2cccc(C3CCN(CC4CCN(c5ccc6c(c5)CN(C5CCC(=O)NC5=O)C6=O)CC4)CC3)c2)CCC1. The third kappa shape index (κ3) is 9.41. The van der Waals surface area contributed by atoms with E-state index < -0.39 is 32.8 Å². The summed E-state index contributed by atoms with van der Waals surface area (Å²) < 4.78 is 33.2. The van der Waals surface area contributed by atoms with Gasteiger partial charge in [-0.25, -0.2) is 13.2 Å². The van der Waals surface area contributed by atoms with E-state index in [1.165, 1.54) is 0 Å². The fourth-order valence-electron chi connectivity index (χ4n) is 9.48. The Bertz CT molecular complexity index is 1890. The van der Waals surface area contributed by atoms with Crippen LogP contribution in [0.25, 0.3) is 0 Å². The first kappa shape index (κ1) is 40.2. The van der Waals surface area contributed by atoms with Crippen LogP contribution in [0, 0.1) is 5.92 Å². The molecule has 4 fully saturated rings. The summed E-state index contributed by atoms with van der Waals surface area (Å²) in [6, 6.07) is 13.1. The van der Waals surface area contributed by atoms with E-state index in [0.29, 0.717) is 48.1 Å². The number of likely N-dealkylation sites (tertiary alicyclic amines) is 1. The molecule has 2 N–H and O–H groups in total. The van der Waals surface area contributed by atoms with E-state index in [2.05, 4.69) is 32.6 Å². The molecule has 1 saturated carbocycles. The number of imide groups is 1. The van der Waals surface area contributed by atoms with E-state index >= 15 is 0 Å². The Morgan fingerprint density at radius 1 is 0.875 bits per heavy atom. The molecule has 0 bridgehead atoms. The number of fused-ring (bicyclic) bond motifs is 1. The van der Waals surface area contributed by atoms with Gasteiger partial charge in [-0.2, -0.15) is 0 Å². The summed E-state index contributed by atoms with van der Waals surface area (Å²) in [6.45, 7) is 10.9. The van der Waals surface area contributed by atoms with Crippen molar-refractivity contribution >= 4 is 39.3 Å². The number of amides is 4. The van der Waals surface area contributed by atoms with Crippen molar-refractivity contribution in [3.8, 4) is 0 Å². The lowest BCUT2D eigenvalue weighted by atomic mass is 9.88. The van der Waals surface area contributed by atoms with Crippen molar-refractivity contribution < 1.29 is 32.3 Å². The van der Waals surface area contributed by atoms with Crippen LogP contribution in [0.2, 0.25) is 0 Å². The molecule has 3 saturated heterocycles. The monoisotopic (exact) mass is 789 g/mol. The maximum absolute atomic E-state index is 13.9. The van der Waals surface area contributed by atoms with Crippen LogP contribution in [0.1, 0.15) is 125 Å². The number of rotatable bonds is 8. The predicted octanol–water partition coefficient (Wildman–Crippen LogP) is 5.93. The van der Waals surface area contributed by atoms with Gasteiger partial charge in [0.05, 0.1) is 10.1 Å². The number of sulfone groups is 1. The van der Waals surface area contributed by atoms with Crippen molar-refractivity contribution in [1.82, 2.24) is 20.4 Å². The summed E-state index contributed by atoms with van der Waals surface area (Å²) in [6.07, 6.45) is 8.59. The smallest absolute Gasteiger partial charge is 0.407 e. The quantitative estimate of drug-likeness (QED) is 0.311. The van der Waals surface area contributed by atoms with Crippen LogP contribution in [-0.4, -0.2) is 97.7 Å². The molecule has 2 aromatic carbocycles. The van der Waals surface area contributed by atoms with Gasteiger partial charge in [-0.05, 0) is 145 Å². The number of nitrogens with one attached hydrogen (secondary N) is 2. The van der Waals surface area contributed by atoms with Gasteiger partial charge in [0.25, 0.3) is 5.91 Å². The second kappa shape index (κ2) is 16.9. The van der Waals surface area contributed by atoms with Crippen LogP contribution >= 0.6 is 0 Å². The molecule has 7 rings (SSSR count). The molecule has 5 aliphatic rings. The summed E-state index contributed by atoms with van der Waals surface area (Å²) in [5.74, 6) is 0.150. The van der Waals surface area contributed by atoms with Crippen LogP contribution in [0.3, 0.4) is 0 Å². The van der Waals surface area contributed by atoms with E-state index in [1.54, 1.807) is 11.0 Å². The largest absolute Gasteiger partial charge is 0.444 e. The number of benzene rings is 2. The zero-order valence-electron chi connectivity index (χ0n) is 33.3. The zero-order chi connectivity index (χ0) is 39.6. The summed E-state index contributed by atoms with van der Waals surface area (Å²) in [7, 11) is -3.47. The van der Waals surface area contributed by atoms with Crippen LogP contribution in [-0.2, 0) is 30.7 Å². The molecule has 56 heavy (non-hydrogen) atoms. The first-order chi connectivity index (χ1) is 26.7. The molecule has 0 spiro atoms. The Kier molecular flexibility index (Phi) is 12.1. The lowest BCUT2D eigenvalue weighted by Gasteiger charge is -2.38. The molecular formula is C43H59N5O7S. The Hall–Kier alpha value is -3.97. The molecule has 4 aliphatic heterocycles. The van der Waals surface area contributed by atoms with E-state index in [-0.39, 0.29) is 30.2 Å². The maximum Gasteiger partial charge on any atom is 0.407 e. The number of hydrogen-bond acceptors (Lipinski definition) is 9. The molecule has 0 aromatic heterocycles. The third-order valence-electron chi connectivity index (χ3n) is 12.6. The average molecular weight is 790 g/mol. The lowest BCUT2D eigenvalue weighted by Crippen LogP contribution is -2.52. The van der Waals surface area contributed by atoms with Crippen molar-refractivity contribution in [2.24, 2.45) is 5.92 Å². The van der Waals surface area contributed by atoms with Gasteiger partial charge >= 0.3 is 6.09 Å². The first-order valence-corrected chi connectivity index (χ1v) is 22.4. The van der Waals surface area contributed by atoms with Crippen LogP contribution in [0.15, 0.2) is 47.4 Å². The number of alkyl carbamates (subject to hydrolysis) is 1. The fraction of sp³-hybridized carbons (Fsp3) is 0.628. The summed E-state index contributed by atoms with van der Waals surface area (Å²) >= 11 is 0. The highest BCUT2D eigenvalue weighted by Crippen LogP contribution is 2.35. The number of ether oxygens (including phenoxy) is 1. The van der Waals surface area contributed by atoms with Crippen molar-refractivity contribution in [3.63, 3.8) is 0 Å². The minimum absolute atomic E-state index is 0.00275. The van der Waals surface area contributed by atoms with Crippen LogP contribution in [0.5, 0.6) is 0 Å². The zero-order valence-corrected chi connectivity index (χ0v) is 34.1. The normalized spacial score (nSPS) is 25.0. The summed E-state index contributed by atoms with van der Waals surface area (Å²) in [5, 5.41) is 4.95. The highest BCUT2D eigenvalue weighted by atomic mass is 32.2. The molecule has 13 heteroatoms. The number of carbonyl (C=O) groups excluding carboxylic acids is 4. The van der Waals surface area contributed by atoms with Gasteiger partial charge < -0.3 is 24.8 Å². The van der Waals surface area contributed by atoms with E-state index in [1.807, 2.05) is 45.0 Å². The molecule has 12 nitrogen and oxygen atoms in total.